The molecule has 1 aliphatic rings. The molecule has 114 valence electrons. The quantitative estimate of drug-likeness (QED) is 0.908. The number of likely N-dealkylation sites (tertiary alicyclic amines) is 1. The molecule has 2 rings (SSSR count). The van der Waals surface area contributed by atoms with Crippen molar-refractivity contribution in [1.29, 1.82) is 0 Å². The van der Waals surface area contributed by atoms with Crippen LogP contribution in [-0.2, 0) is 0 Å². The Morgan fingerprint density at radius 1 is 1.40 bits per heavy atom. The molecule has 0 unspecified atom stereocenters. The zero-order chi connectivity index (χ0) is 13.8. The van der Waals surface area contributed by atoms with E-state index in [-0.39, 0.29) is 12.4 Å². The van der Waals surface area contributed by atoms with E-state index >= 15 is 0 Å². The number of halogens is 1. The number of rotatable bonds is 5. The third-order valence-corrected chi connectivity index (χ3v) is 3.85. The molecule has 0 amide bonds. The first kappa shape index (κ1) is 17.3. The fourth-order valence-electron chi connectivity index (χ4n) is 2.74. The van der Waals surface area contributed by atoms with Crippen molar-refractivity contribution in [3.63, 3.8) is 0 Å². The summed E-state index contributed by atoms with van der Waals surface area (Å²) in [6, 6.07) is 6.76. The topological polar surface area (TPSA) is 38.5 Å². The van der Waals surface area contributed by atoms with E-state index < -0.39 is 0 Å². The molecule has 0 saturated carbocycles. The van der Waals surface area contributed by atoms with Crippen LogP contribution in [0.3, 0.4) is 0 Å². The Bertz CT molecular complexity index is 423. The highest BCUT2D eigenvalue weighted by molar-refractivity contribution is 5.85. The van der Waals surface area contributed by atoms with Gasteiger partial charge in [0.05, 0.1) is 0 Å². The minimum atomic E-state index is 0. The molecular formula is C16H27ClN2O. The molecule has 1 heterocycles. The average Bonchev–Trinajstić information content (AvgIpc) is 2.75. The Hall–Kier alpha value is -0.770. The second kappa shape index (κ2) is 7.87. The summed E-state index contributed by atoms with van der Waals surface area (Å²) in [6.07, 6.45) is 1.11. The summed E-state index contributed by atoms with van der Waals surface area (Å²) in [5.74, 6) is 1.55. The molecule has 1 aliphatic heterocycles. The molecule has 1 atom stereocenters. The van der Waals surface area contributed by atoms with Crippen LogP contribution < -0.4 is 10.5 Å². The molecule has 1 saturated heterocycles. The Balaban J connectivity index is 0.00000200. The highest BCUT2D eigenvalue weighted by Gasteiger charge is 2.18. The van der Waals surface area contributed by atoms with Crippen molar-refractivity contribution in [2.24, 2.45) is 5.73 Å². The summed E-state index contributed by atoms with van der Waals surface area (Å²) in [7, 11) is 0. The lowest BCUT2D eigenvalue weighted by Gasteiger charge is -2.16. The molecule has 0 spiro atoms. The highest BCUT2D eigenvalue weighted by Crippen LogP contribution is 2.23. The smallest absolute Gasteiger partial charge is 0.119 e. The van der Waals surface area contributed by atoms with E-state index in [1.165, 1.54) is 11.1 Å². The third kappa shape index (κ3) is 4.65. The Morgan fingerprint density at radius 3 is 2.70 bits per heavy atom. The Labute approximate surface area is 128 Å². The zero-order valence-electron chi connectivity index (χ0n) is 12.8. The minimum absolute atomic E-state index is 0. The van der Waals surface area contributed by atoms with Crippen molar-refractivity contribution < 1.29 is 4.74 Å². The molecule has 20 heavy (non-hydrogen) atoms. The number of ether oxygens (including phenoxy) is 1. The van der Waals surface area contributed by atoms with Gasteiger partial charge in [-0.1, -0.05) is 19.9 Å². The van der Waals surface area contributed by atoms with Gasteiger partial charge in [0.1, 0.15) is 12.4 Å². The second-order valence-electron chi connectivity index (χ2n) is 5.87. The van der Waals surface area contributed by atoms with Gasteiger partial charge in [0, 0.05) is 19.1 Å². The van der Waals surface area contributed by atoms with Gasteiger partial charge >= 0.3 is 0 Å². The second-order valence-corrected chi connectivity index (χ2v) is 5.87. The molecule has 4 heteroatoms. The van der Waals surface area contributed by atoms with Crippen molar-refractivity contribution in [2.45, 2.75) is 39.2 Å². The predicted octanol–water partition coefficient (Wildman–Crippen LogP) is 2.95. The molecular weight excluding hydrogens is 272 g/mol. The van der Waals surface area contributed by atoms with Gasteiger partial charge in [-0.25, -0.2) is 0 Å². The largest absolute Gasteiger partial charge is 0.492 e. The van der Waals surface area contributed by atoms with Gasteiger partial charge in [0.15, 0.2) is 0 Å². The molecule has 1 aromatic carbocycles. The lowest BCUT2D eigenvalue weighted by Crippen LogP contribution is -2.29. The lowest BCUT2D eigenvalue weighted by atomic mass is 9.98. The zero-order valence-corrected chi connectivity index (χ0v) is 13.6. The summed E-state index contributed by atoms with van der Waals surface area (Å²) in [5, 5.41) is 0. The van der Waals surface area contributed by atoms with Gasteiger partial charge < -0.3 is 10.5 Å². The van der Waals surface area contributed by atoms with Crippen molar-refractivity contribution in [1.82, 2.24) is 4.90 Å². The molecule has 1 fully saturated rings. The number of nitrogens with zero attached hydrogens (tertiary/aromatic N) is 1. The molecule has 0 bridgehead atoms. The first-order chi connectivity index (χ1) is 9.06. The van der Waals surface area contributed by atoms with Gasteiger partial charge in [-0.05, 0) is 49.1 Å². The van der Waals surface area contributed by atoms with Gasteiger partial charge in [-0.15, -0.1) is 12.4 Å². The molecule has 3 nitrogen and oxygen atoms in total. The van der Waals surface area contributed by atoms with E-state index in [9.17, 15) is 0 Å². The van der Waals surface area contributed by atoms with E-state index in [1.54, 1.807) is 0 Å². The van der Waals surface area contributed by atoms with E-state index in [0.29, 0.717) is 12.0 Å². The molecule has 0 aliphatic carbocycles. The van der Waals surface area contributed by atoms with E-state index in [1.807, 2.05) is 0 Å². The molecule has 0 aromatic heterocycles. The minimum Gasteiger partial charge on any atom is -0.492 e. The number of hydrogen-bond acceptors (Lipinski definition) is 3. The maximum Gasteiger partial charge on any atom is 0.119 e. The number of nitrogens with two attached hydrogens (primary N) is 1. The van der Waals surface area contributed by atoms with Gasteiger partial charge in [-0.3, -0.25) is 4.90 Å². The van der Waals surface area contributed by atoms with Crippen LogP contribution in [-0.4, -0.2) is 37.2 Å². The van der Waals surface area contributed by atoms with Crippen LogP contribution in [0.25, 0.3) is 0 Å². The lowest BCUT2D eigenvalue weighted by molar-refractivity contribution is 0.236. The molecule has 2 N–H and O–H groups in total. The number of benzene rings is 1. The van der Waals surface area contributed by atoms with E-state index in [4.69, 9.17) is 10.5 Å². The predicted molar refractivity (Wildman–Crippen MR) is 87.0 cm³/mol. The molecule has 1 aromatic rings. The maximum absolute atomic E-state index is 5.89. The first-order valence-electron chi connectivity index (χ1n) is 7.27. The number of hydrogen-bond donors (Lipinski definition) is 1. The first-order valence-corrected chi connectivity index (χ1v) is 7.27. The van der Waals surface area contributed by atoms with Crippen LogP contribution >= 0.6 is 12.4 Å². The van der Waals surface area contributed by atoms with Gasteiger partial charge in [-0.2, -0.15) is 0 Å². The SMILES string of the molecule is Cc1cc(OCCN2CC[C@H](N)C2)ccc1C(C)C.Cl. The van der Waals surface area contributed by atoms with Crippen LogP contribution in [0.4, 0.5) is 0 Å². The van der Waals surface area contributed by atoms with Crippen LogP contribution in [0.5, 0.6) is 5.75 Å². The molecule has 0 radical (unpaired) electrons. The highest BCUT2D eigenvalue weighted by atomic mass is 35.5. The number of aryl methyl sites for hydroxylation is 1. The monoisotopic (exact) mass is 298 g/mol. The van der Waals surface area contributed by atoms with Crippen molar-refractivity contribution in [3.05, 3.63) is 29.3 Å². The summed E-state index contributed by atoms with van der Waals surface area (Å²) in [4.78, 5) is 2.38. The third-order valence-electron chi connectivity index (χ3n) is 3.85. The average molecular weight is 299 g/mol. The van der Waals surface area contributed by atoms with Gasteiger partial charge in [0.2, 0.25) is 0 Å². The summed E-state index contributed by atoms with van der Waals surface area (Å²) < 4.78 is 5.84. The fourth-order valence-corrected chi connectivity index (χ4v) is 2.74. The van der Waals surface area contributed by atoms with Crippen LogP contribution in [0.15, 0.2) is 18.2 Å². The van der Waals surface area contributed by atoms with Crippen LogP contribution in [0.2, 0.25) is 0 Å². The van der Waals surface area contributed by atoms with Crippen LogP contribution in [0, 0.1) is 6.92 Å². The van der Waals surface area contributed by atoms with Gasteiger partial charge in [0.25, 0.3) is 0 Å². The summed E-state index contributed by atoms with van der Waals surface area (Å²) >= 11 is 0. The summed E-state index contributed by atoms with van der Waals surface area (Å²) in [6.45, 7) is 10.4. The van der Waals surface area contributed by atoms with Crippen molar-refractivity contribution >= 4 is 12.4 Å². The van der Waals surface area contributed by atoms with Crippen LogP contribution in [0.1, 0.15) is 37.3 Å². The standard InChI is InChI=1S/C16H26N2O.ClH/c1-12(2)16-5-4-15(10-13(16)3)19-9-8-18-7-6-14(17)11-18;/h4-5,10,12,14H,6-9,11,17H2,1-3H3;1H/t14-;/m0./s1. The van der Waals surface area contributed by atoms with E-state index in [2.05, 4.69) is 43.9 Å². The summed E-state index contributed by atoms with van der Waals surface area (Å²) in [5.41, 5.74) is 8.61. The fraction of sp³-hybridized carbons (Fsp3) is 0.625. The van der Waals surface area contributed by atoms with Crippen molar-refractivity contribution in [3.8, 4) is 5.75 Å². The normalized spacial score (nSPS) is 19.1. The Morgan fingerprint density at radius 2 is 2.15 bits per heavy atom. The Kier molecular flexibility index (Phi) is 6.80. The van der Waals surface area contributed by atoms with Crippen molar-refractivity contribution in [2.75, 3.05) is 26.2 Å². The van der Waals surface area contributed by atoms with E-state index in [0.717, 1.165) is 38.4 Å². The maximum atomic E-state index is 5.89.